The van der Waals surface area contributed by atoms with Crippen LogP contribution in [-0.4, -0.2) is 54.0 Å². The molecule has 0 spiro atoms. The van der Waals surface area contributed by atoms with Crippen LogP contribution in [0.15, 0.2) is 54.6 Å². The predicted octanol–water partition coefficient (Wildman–Crippen LogP) is 5.67. The van der Waals surface area contributed by atoms with Gasteiger partial charge in [0, 0.05) is 44.5 Å². The van der Waals surface area contributed by atoms with Gasteiger partial charge in [-0.3, -0.25) is 19.3 Å². The molecule has 1 aliphatic heterocycles. The highest BCUT2D eigenvalue weighted by Crippen LogP contribution is 2.54. The molecule has 2 saturated carbocycles. The number of halogens is 3. The minimum absolute atomic E-state index is 0.268. The molecule has 7 nitrogen and oxygen atoms in total. The molecule has 3 unspecified atom stereocenters. The Kier molecular flexibility index (Phi) is 8.70. The van der Waals surface area contributed by atoms with Crippen molar-refractivity contribution < 1.29 is 37.0 Å². The lowest BCUT2D eigenvalue weighted by atomic mass is 9.55. The molecule has 0 bridgehead atoms. The number of amides is 1. The van der Waals surface area contributed by atoms with Gasteiger partial charge in [-0.1, -0.05) is 24.3 Å². The first-order chi connectivity index (χ1) is 20.4. The highest BCUT2D eigenvalue weighted by atomic mass is 19.4. The fourth-order valence-corrected chi connectivity index (χ4v) is 6.89. The second kappa shape index (κ2) is 12.1. The van der Waals surface area contributed by atoms with E-state index in [9.17, 15) is 27.6 Å². The summed E-state index contributed by atoms with van der Waals surface area (Å²) in [7, 11) is 0. The van der Waals surface area contributed by atoms with E-state index in [1.54, 1.807) is 6.07 Å². The number of fused-ring (bicyclic) bond motifs is 1. The molecule has 2 aliphatic carbocycles. The fourth-order valence-electron chi connectivity index (χ4n) is 6.89. The van der Waals surface area contributed by atoms with Crippen LogP contribution in [0.1, 0.15) is 69.1 Å². The van der Waals surface area contributed by atoms with Crippen molar-refractivity contribution in [3.8, 4) is 5.75 Å². The van der Waals surface area contributed by atoms with E-state index in [0.717, 1.165) is 30.8 Å². The number of nitrogens with zero attached hydrogens (tertiary/aromatic N) is 1. The molecule has 0 aromatic heterocycles. The number of nitrogens with one attached hydrogen (secondary N) is 1. The van der Waals surface area contributed by atoms with Gasteiger partial charge in [-0.15, -0.1) is 0 Å². The van der Waals surface area contributed by atoms with Gasteiger partial charge in [0.2, 0.25) is 5.91 Å². The molecule has 1 amide bonds. The largest absolute Gasteiger partial charge is 0.457 e. The van der Waals surface area contributed by atoms with E-state index < -0.39 is 34.6 Å². The first-order valence-corrected chi connectivity index (χ1v) is 14.7. The lowest BCUT2D eigenvalue weighted by Crippen LogP contribution is -2.68. The Morgan fingerprint density at radius 2 is 1.79 bits per heavy atom. The number of hydrogen-bond donors (Lipinski definition) is 1. The molecule has 1 N–H and O–H groups in total. The summed E-state index contributed by atoms with van der Waals surface area (Å²) in [5, 5.41) is 3.04. The first kappa shape index (κ1) is 30.8. The number of likely N-dealkylation sites (tertiary alicyclic amines) is 1. The second-order valence-corrected chi connectivity index (χ2v) is 12.1. The minimum atomic E-state index is -4.47. The maximum absolute atomic E-state index is 13.1. The molecule has 2 aromatic rings. The smallest absolute Gasteiger partial charge is 0.416 e. The van der Waals surface area contributed by atoms with Crippen molar-refractivity contribution in [3.63, 3.8) is 0 Å². The molecule has 10 heteroatoms. The van der Waals surface area contributed by atoms with Crippen molar-refractivity contribution in [1.29, 1.82) is 0 Å². The van der Waals surface area contributed by atoms with Gasteiger partial charge in [0.05, 0.1) is 5.56 Å². The van der Waals surface area contributed by atoms with Crippen LogP contribution in [0.5, 0.6) is 5.75 Å². The van der Waals surface area contributed by atoms with Crippen molar-refractivity contribution in [2.24, 2.45) is 5.92 Å². The van der Waals surface area contributed by atoms with E-state index >= 15 is 0 Å². The normalized spacial score (nSPS) is 26.0. The Bertz CT molecular complexity index is 1400. The van der Waals surface area contributed by atoms with Crippen LogP contribution in [0.25, 0.3) is 6.08 Å². The lowest BCUT2D eigenvalue weighted by Gasteiger charge is -2.59. The highest BCUT2D eigenvalue weighted by molar-refractivity contribution is 5.92. The van der Waals surface area contributed by atoms with E-state index in [-0.39, 0.29) is 17.6 Å². The van der Waals surface area contributed by atoms with Crippen LogP contribution < -0.4 is 10.1 Å². The van der Waals surface area contributed by atoms with Crippen molar-refractivity contribution in [2.45, 2.75) is 75.6 Å². The Morgan fingerprint density at radius 3 is 2.49 bits per heavy atom. The average molecular weight is 599 g/mol. The zero-order valence-electron chi connectivity index (χ0n) is 24.4. The van der Waals surface area contributed by atoms with Crippen LogP contribution in [0.3, 0.4) is 0 Å². The summed E-state index contributed by atoms with van der Waals surface area (Å²) < 4.78 is 51.0. The van der Waals surface area contributed by atoms with Gasteiger partial charge in [0.25, 0.3) is 0 Å². The molecule has 3 aliphatic rings. The summed E-state index contributed by atoms with van der Waals surface area (Å²) in [5.41, 5.74) is -1.16. The van der Waals surface area contributed by atoms with E-state index in [0.29, 0.717) is 43.9 Å². The fraction of sp³-hybridized carbons (Fsp3) is 0.485. The topological polar surface area (TPSA) is 84.9 Å². The van der Waals surface area contributed by atoms with Gasteiger partial charge >= 0.3 is 18.1 Å². The number of carbonyl (C=O) groups excluding carboxylic acids is 3. The monoisotopic (exact) mass is 598 g/mol. The molecule has 2 aromatic carbocycles. The number of benzene rings is 2. The van der Waals surface area contributed by atoms with Gasteiger partial charge in [-0.2, -0.15) is 13.2 Å². The van der Waals surface area contributed by atoms with Crippen LogP contribution in [0.4, 0.5) is 13.2 Å². The van der Waals surface area contributed by atoms with Crippen molar-refractivity contribution >= 4 is 23.9 Å². The highest BCUT2D eigenvalue weighted by Gasteiger charge is 2.61. The molecule has 43 heavy (non-hydrogen) atoms. The lowest BCUT2D eigenvalue weighted by molar-refractivity contribution is -0.187. The summed E-state index contributed by atoms with van der Waals surface area (Å²) in [6.07, 6.45) is 2.75. The predicted molar refractivity (Wildman–Crippen MR) is 154 cm³/mol. The van der Waals surface area contributed by atoms with Gasteiger partial charge in [0.1, 0.15) is 11.4 Å². The standard InChI is InChI=1S/C33H37F3N2O5/c1-22(39)42-29-8-4-6-26(18-29)31-15-16-38(20-25-9-10-25)21-32(31,43-23(2)40)14-13-28(19-31)37-30(41)12-11-24-5-3-7-27(17-24)33(34,35)36/h3-8,11-12,17-18,25,28H,9-10,13-16,19-21H2,1-2H3,(H,37,41). The number of alkyl halides is 3. The molecule has 3 atom stereocenters. The Balaban J connectivity index is 1.42. The van der Waals surface area contributed by atoms with Crippen molar-refractivity contribution in [1.82, 2.24) is 10.2 Å². The van der Waals surface area contributed by atoms with Gasteiger partial charge in [-0.25, -0.2) is 0 Å². The molecule has 230 valence electrons. The SMILES string of the molecule is CC(=O)Oc1cccc(C23CCN(CC4CC4)CC2(OC(C)=O)CCC(NC(=O)C=Cc2cccc(C(F)(F)F)c2)C3)c1. The van der Waals surface area contributed by atoms with Crippen LogP contribution in [-0.2, 0) is 30.7 Å². The average Bonchev–Trinajstić information content (AvgIpc) is 3.75. The number of carbonyl (C=O) groups is 3. The second-order valence-electron chi connectivity index (χ2n) is 12.1. The van der Waals surface area contributed by atoms with Crippen LogP contribution in [0, 0.1) is 5.92 Å². The summed E-state index contributed by atoms with van der Waals surface area (Å²) >= 11 is 0. The summed E-state index contributed by atoms with van der Waals surface area (Å²) in [6, 6.07) is 11.8. The van der Waals surface area contributed by atoms with Crippen molar-refractivity contribution in [3.05, 3.63) is 71.3 Å². The molecule has 3 fully saturated rings. The Hall–Kier alpha value is -3.66. The molecule has 5 rings (SSSR count). The summed E-state index contributed by atoms with van der Waals surface area (Å²) in [6.45, 7) is 5.06. The summed E-state index contributed by atoms with van der Waals surface area (Å²) in [5.74, 6) is -0.181. The quantitative estimate of drug-likeness (QED) is 0.240. The minimum Gasteiger partial charge on any atom is -0.457 e. The number of ether oxygens (including phenoxy) is 2. The Labute approximate surface area is 249 Å². The Morgan fingerprint density at radius 1 is 1.02 bits per heavy atom. The zero-order valence-corrected chi connectivity index (χ0v) is 24.4. The zero-order chi connectivity index (χ0) is 30.8. The molecular weight excluding hydrogens is 561 g/mol. The number of piperidine rings is 1. The van der Waals surface area contributed by atoms with Crippen LogP contribution in [0.2, 0.25) is 0 Å². The van der Waals surface area contributed by atoms with E-state index in [1.807, 2.05) is 18.2 Å². The maximum atomic E-state index is 13.1. The van der Waals surface area contributed by atoms with E-state index in [4.69, 9.17) is 9.47 Å². The van der Waals surface area contributed by atoms with E-state index in [1.165, 1.54) is 51.0 Å². The van der Waals surface area contributed by atoms with Gasteiger partial charge < -0.3 is 14.8 Å². The number of esters is 2. The molecular formula is C33H37F3N2O5. The molecule has 1 heterocycles. The van der Waals surface area contributed by atoms with Crippen molar-refractivity contribution in [2.75, 3.05) is 19.6 Å². The maximum Gasteiger partial charge on any atom is 0.416 e. The third kappa shape index (κ3) is 7.12. The van der Waals surface area contributed by atoms with Gasteiger partial charge in [-0.05, 0) is 92.5 Å². The molecule has 0 radical (unpaired) electrons. The third-order valence-electron chi connectivity index (χ3n) is 8.89. The third-order valence-corrected chi connectivity index (χ3v) is 8.89. The van der Waals surface area contributed by atoms with Crippen LogP contribution >= 0.6 is 0 Å². The number of rotatable bonds is 8. The molecule has 1 saturated heterocycles. The van der Waals surface area contributed by atoms with Gasteiger partial charge in [0.15, 0.2) is 0 Å². The van der Waals surface area contributed by atoms with E-state index in [2.05, 4.69) is 10.2 Å². The number of hydrogen-bond acceptors (Lipinski definition) is 6. The first-order valence-electron chi connectivity index (χ1n) is 14.7. The summed E-state index contributed by atoms with van der Waals surface area (Å²) in [4.78, 5) is 39.7.